The lowest BCUT2D eigenvalue weighted by Crippen LogP contribution is -2.62. The molecule has 1 N–H and O–H groups in total. The Morgan fingerprint density at radius 1 is 1.10 bits per heavy atom. The van der Waals surface area contributed by atoms with E-state index < -0.39 is 26.7 Å². The largest absolute Gasteiger partial charge is 0.535 e. The molecule has 1 aromatic rings. The third-order valence-corrected chi connectivity index (χ3v) is 5.25. The normalized spacial score (nSPS) is 16.2. The van der Waals surface area contributed by atoms with Crippen molar-refractivity contribution in [3.63, 3.8) is 0 Å². The summed E-state index contributed by atoms with van der Waals surface area (Å²) in [5, 5.41) is 0.242. The summed E-state index contributed by atoms with van der Waals surface area (Å²) in [4.78, 5) is 10.5. The van der Waals surface area contributed by atoms with E-state index in [1.807, 2.05) is 0 Å². The topological polar surface area (TPSA) is 38.7 Å². The van der Waals surface area contributed by atoms with Gasteiger partial charge in [0.25, 0.3) is 0 Å². The summed E-state index contributed by atoms with van der Waals surface area (Å²) in [5.74, 6) is 0. The summed E-state index contributed by atoms with van der Waals surface area (Å²) in [6.07, 6.45) is -5.07. The van der Waals surface area contributed by atoms with Crippen LogP contribution < -0.4 is 5.19 Å². The standard InChI is InChI=1S/C13H19F3O3Si/c1-10(2)18-20(17,11-8-6-5-7-9-11)19-12(3,4)13(14,15)16/h5-10,17H,1-4H3. The van der Waals surface area contributed by atoms with E-state index in [9.17, 15) is 18.0 Å². The van der Waals surface area contributed by atoms with Crippen LogP contribution in [0.25, 0.3) is 0 Å². The molecule has 0 fully saturated rings. The van der Waals surface area contributed by atoms with E-state index in [1.54, 1.807) is 32.0 Å². The molecule has 0 bridgehead atoms. The maximum Gasteiger partial charge on any atom is 0.535 e. The number of hydrogen-bond acceptors (Lipinski definition) is 3. The smallest absolute Gasteiger partial charge is 0.386 e. The van der Waals surface area contributed by atoms with Crippen molar-refractivity contribution >= 4 is 14.0 Å². The number of hydrogen-bond donors (Lipinski definition) is 1. The van der Waals surface area contributed by atoms with Crippen molar-refractivity contribution in [2.75, 3.05) is 0 Å². The number of alkyl halides is 3. The first-order chi connectivity index (χ1) is 8.98. The molecular weight excluding hydrogens is 289 g/mol. The van der Waals surface area contributed by atoms with E-state index in [0.29, 0.717) is 0 Å². The maximum absolute atomic E-state index is 12.9. The zero-order chi connectivity index (χ0) is 15.6. The Kier molecular flexibility index (Phi) is 5.02. The Balaban J connectivity index is 3.14. The van der Waals surface area contributed by atoms with Crippen molar-refractivity contribution in [2.45, 2.75) is 45.6 Å². The fourth-order valence-electron chi connectivity index (χ4n) is 1.52. The average Bonchev–Trinajstić information content (AvgIpc) is 2.26. The van der Waals surface area contributed by atoms with Gasteiger partial charge in [-0.3, -0.25) is 0 Å². The zero-order valence-electron chi connectivity index (χ0n) is 11.9. The molecule has 0 radical (unpaired) electrons. The van der Waals surface area contributed by atoms with Crippen molar-refractivity contribution in [1.82, 2.24) is 0 Å². The summed E-state index contributed by atoms with van der Waals surface area (Å²) >= 11 is 0. The van der Waals surface area contributed by atoms with Gasteiger partial charge in [-0.1, -0.05) is 30.3 Å². The van der Waals surface area contributed by atoms with Crippen molar-refractivity contribution in [3.05, 3.63) is 30.3 Å². The van der Waals surface area contributed by atoms with Gasteiger partial charge in [0.15, 0.2) is 5.60 Å². The van der Waals surface area contributed by atoms with Gasteiger partial charge < -0.3 is 13.6 Å². The Bertz CT molecular complexity index is 434. The van der Waals surface area contributed by atoms with Crippen molar-refractivity contribution < 1.29 is 26.8 Å². The van der Waals surface area contributed by atoms with Crippen LogP contribution in [0.1, 0.15) is 27.7 Å². The lowest BCUT2D eigenvalue weighted by molar-refractivity contribution is -0.246. The molecular formula is C13H19F3O3Si. The fraction of sp³-hybridized carbons (Fsp3) is 0.538. The Morgan fingerprint density at radius 2 is 1.60 bits per heavy atom. The molecule has 7 heteroatoms. The van der Waals surface area contributed by atoms with Crippen LogP contribution in [0.15, 0.2) is 30.3 Å². The maximum atomic E-state index is 12.9. The highest BCUT2D eigenvalue weighted by Gasteiger charge is 2.56. The summed E-state index contributed by atoms with van der Waals surface area (Å²) in [5.41, 5.74) is -2.50. The van der Waals surface area contributed by atoms with E-state index in [2.05, 4.69) is 0 Å². The van der Waals surface area contributed by atoms with Crippen LogP contribution in [0.4, 0.5) is 13.2 Å². The summed E-state index contributed by atoms with van der Waals surface area (Å²) in [6, 6.07) is 7.92. The van der Waals surface area contributed by atoms with Gasteiger partial charge in [0.2, 0.25) is 0 Å². The number of rotatable bonds is 5. The molecule has 0 heterocycles. The number of halogens is 3. The monoisotopic (exact) mass is 308 g/mol. The molecule has 0 aliphatic rings. The minimum atomic E-state index is -4.61. The minimum absolute atomic E-state index is 0.242. The third kappa shape index (κ3) is 4.05. The first-order valence-electron chi connectivity index (χ1n) is 6.20. The van der Waals surface area contributed by atoms with Gasteiger partial charge >= 0.3 is 15.0 Å². The van der Waals surface area contributed by atoms with Gasteiger partial charge in [-0.05, 0) is 27.7 Å². The Hall–Kier alpha value is -0.893. The van der Waals surface area contributed by atoms with Crippen LogP contribution in [0.2, 0.25) is 0 Å². The second kappa shape index (κ2) is 5.85. The van der Waals surface area contributed by atoms with Gasteiger partial charge in [-0.25, -0.2) is 0 Å². The van der Waals surface area contributed by atoms with Crippen molar-refractivity contribution in [2.24, 2.45) is 0 Å². The van der Waals surface area contributed by atoms with Crippen LogP contribution >= 0.6 is 0 Å². The van der Waals surface area contributed by atoms with Gasteiger partial charge in [-0.2, -0.15) is 13.2 Å². The summed E-state index contributed by atoms with van der Waals surface area (Å²) < 4.78 is 49.2. The lowest BCUT2D eigenvalue weighted by atomic mass is 10.1. The van der Waals surface area contributed by atoms with Gasteiger partial charge in [0, 0.05) is 11.3 Å². The van der Waals surface area contributed by atoms with E-state index in [1.165, 1.54) is 12.1 Å². The lowest BCUT2D eigenvalue weighted by Gasteiger charge is -2.36. The molecule has 0 aromatic heterocycles. The van der Waals surface area contributed by atoms with Crippen LogP contribution in [0, 0.1) is 0 Å². The molecule has 3 nitrogen and oxygen atoms in total. The predicted octanol–water partition coefficient (Wildman–Crippen LogP) is 2.61. The van der Waals surface area contributed by atoms with E-state index >= 15 is 0 Å². The SMILES string of the molecule is CC(C)O[Si](O)(OC(C)(C)C(F)(F)F)c1ccccc1. The quantitative estimate of drug-likeness (QED) is 0.850. The highest BCUT2D eigenvalue weighted by atomic mass is 28.4. The molecule has 0 saturated carbocycles. The van der Waals surface area contributed by atoms with Gasteiger partial charge in [0.05, 0.1) is 0 Å². The molecule has 0 aliphatic carbocycles. The second-order valence-corrected chi connectivity index (χ2v) is 7.41. The van der Waals surface area contributed by atoms with Crippen LogP contribution in [0.3, 0.4) is 0 Å². The molecule has 0 spiro atoms. The summed E-state index contributed by atoms with van der Waals surface area (Å²) in [7, 11) is -4.15. The van der Waals surface area contributed by atoms with Crippen molar-refractivity contribution in [3.8, 4) is 0 Å². The van der Waals surface area contributed by atoms with Gasteiger partial charge in [-0.15, -0.1) is 0 Å². The number of benzene rings is 1. The molecule has 0 amide bonds. The average molecular weight is 308 g/mol. The minimum Gasteiger partial charge on any atom is -0.386 e. The van der Waals surface area contributed by atoms with E-state index in [0.717, 1.165) is 13.8 Å². The fourth-order valence-corrected chi connectivity index (χ4v) is 3.89. The molecule has 20 heavy (non-hydrogen) atoms. The van der Waals surface area contributed by atoms with Crippen LogP contribution in [-0.4, -0.2) is 31.5 Å². The Labute approximate surface area is 117 Å². The molecule has 1 unspecified atom stereocenters. The van der Waals surface area contributed by atoms with E-state index in [-0.39, 0.29) is 5.19 Å². The second-order valence-electron chi connectivity index (χ2n) is 5.22. The first-order valence-corrected chi connectivity index (χ1v) is 7.97. The highest BCUT2D eigenvalue weighted by Crippen LogP contribution is 2.35. The summed E-state index contributed by atoms with van der Waals surface area (Å²) in [6.45, 7) is 5.00. The van der Waals surface area contributed by atoms with Crippen LogP contribution in [-0.2, 0) is 8.85 Å². The molecule has 0 aliphatic heterocycles. The zero-order valence-corrected chi connectivity index (χ0v) is 12.9. The van der Waals surface area contributed by atoms with Gasteiger partial charge in [0.1, 0.15) is 0 Å². The predicted molar refractivity (Wildman–Crippen MR) is 71.5 cm³/mol. The third-order valence-electron chi connectivity index (χ3n) is 2.61. The molecule has 114 valence electrons. The molecule has 1 atom stereocenters. The Morgan fingerprint density at radius 3 is 2.00 bits per heavy atom. The van der Waals surface area contributed by atoms with Crippen molar-refractivity contribution in [1.29, 1.82) is 0 Å². The molecule has 1 aromatic carbocycles. The molecule has 0 saturated heterocycles. The van der Waals surface area contributed by atoms with Crippen LogP contribution in [0.5, 0.6) is 0 Å². The molecule has 1 rings (SSSR count). The highest BCUT2D eigenvalue weighted by molar-refractivity contribution is 6.74. The van der Waals surface area contributed by atoms with E-state index in [4.69, 9.17) is 8.85 Å². The first kappa shape index (κ1) is 17.2.